The number of hydrogen-bond acceptors (Lipinski definition) is 3. The summed E-state index contributed by atoms with van der Waals surface area (Å²) in [6, 6.07) is 8.05. The van der Waals surface area contributed by atoms with Crippen LogP contribution in [0.5, 0.6) is 0 Å². The molecule has 0 radical (unpaired) electrons. The van der Waals surface area contributed by atoms with Gasteiger partial charge in [-0.2, -0.15) is 0 Å². The molecule has 1 fully saturated rings. The van der Waals surface area contributed by atoms with Gasteiger partial charge >= 0.3 is 5.97 Å². The topological polar surface area (TPSA) is 76.4 Å². The van der Waals surface area contributed by atoms with Gasteiger partial charge in [-0.25, -0.2) is 4.79 Å². The first-order chi connectivity index (χ1) is 15.9. The van der Waals surface area contributed by atoms with E-state index >= 15 is 0 Å². The molecular formula is C29H39NO4. The molecule has 1 aliphatic carbocycles. The van der Waals surface area contributed by atoms with Crippen molar-refractivity contribution < 1.29 is 14.7 Å². The van der Waals surface area contributed by atoms with Gasteiger partial charge in [0.25, 0.3) is 5.56 Å². The van der Waals surface area contributed by atoms with Crippen LogP contribution in [0.15, 0.2) is 35.1 Å². The molecule has 1 atom stereocenters. The van der Waals surface area contributed by atoms with E-state index in [0.717, 1.165) is 36.8 Å². The van der Waals surface area contributed by atoms with Gasteiger partial charge in [-0.15, -0.1) is 0 Å². The molecule has 1 saturated carbocycles. The van der Waals surface area contributed by atoms with E-state index in [4.69, 9.17) is 0 Å². The largest absolute Gasteiger partial charge is 0.480 e. The summed E-state index contributed by atoms with van der Waals surface area (Å²) < 4.78 is 1.40. The van der Waals surface area contributed by atoms with Gasteiger partial charge in [0.15, 0.2) is 5.78 Å². The number of Topliss-reactive ketones (excluding diaryl/α,β-unsaturated/α-hetero) is 1. The monoisotopic (exact) mass is 465 g/mol. The molecule has 5 heteroatoms. The van der Waals surface area contributed by atoms with E-state index in [-0.39, 0.29) is 11.2 Å². The predicted molar refractivity (Wildman–Crippen MR) is 136 cm³/mol. The van der Waals surface area contributed by atoms with E-state index in [0.29, 0.717) is 41.5 Å². The lowest BCUT2D eigenvalue weighted by Crippen LogP contribution is -2.35. The van der Waals surface area contributed by atoms with Crippen molar-refractivity contribution in [3.05, 3.63) is 57.4 Å². The highest BCUT2D eigenvalue weighted by atomic mass is 16.4. The number of hydrogen-bond donors (Lipinski definition) is 1. The maximum Gasteiger partial charge on any atom is 0.326 e. The zero-order valence-corrected chi connectivity index (χ0v) is 21.5. The second-order valence-electron chi connectivity index (χ2n) is 11.5. The Morgan fingerprint density at radius 2 is 1.65 bits per heavy atom. The Morgan fingerprint density at radius 1 is 1.06 bits per heavy atom. The Labute approximate surface area is 203 Å². The normalized spacial score (nSPS) is 19.6. The summed E-state index contributed by atoms with van der Waals surface area (Å²) >= 11 is 0. The number of benzene rings is 1. The van der Waals surface area contributed by atoms with E-state index in [9.17, 15) is 19.5 Å². The lowest BCUT2D eigenvalue weighted by atomic mass is 9.79. The van der Waals surface area contributed by atoms with Crippen molar-refractivity contribution in [2.75, 3.05) is 0 Å². The van der Waals surface area contributed by atoms with E-state index < -0.39 is 17.6 Å². The molecule has 0 aliphatic heterocycles. The van der Waals surface area contributed by atoms with Crippen LogP contribution in [0.25, 0.3) is 11.3 Å². The summed E-state index contributed by atoms with van der Waals surface area (Å²) in [7, 11) is 0. The number of aliphatic carboxylic acids is 1. The molecule has 1 heterocycles. The molecule has 0 spiro atoms. The molecule has 1 aromatic carbocycles. The van der Waals surface area contributed by atoms with Crippen molar-refractivity contribution in [2.24, 2.45) is 17.3 Å². The highest BCUT2D eigenvalue weighted by Gasteiger charge is 2.31. The molecule has 34 heavy (non-hydrogen) atoms. The highest BCUT2D eigenvalue weighted by Crippen LogP contribution is 2.35. The Morgan fingerprint density at radius 3 is 2.18 bits per heavy atom. The van der Waals surface area contributed by atoms with E-state index in [1.54, 1.807) is 0 Å². The second-order valence-corrected chi connectivity index (χ2v) is 11.5. The minimum atomic E-state index is -1.04. The number of aromatic nitrogens is 1. The molecule has 5 nitrogen and oxygen atoms in total. The summed E-state index contributed by atoms with van der Waals surface area (Å²) in [5.41, 5.74) is 2.73. The third kappa shape index (κ3) is 6.05. The Hall–Kier alpha value is -2.69. The van der Waals surface area contributed by atoms with E-state index in [1.165, 1.54) is 10.6 Å². The van der Waals surface area contributed by atoms with Crippen LogP contribution in [0.1, 0.15) is 93.7 Å². The SMILES string of the molecule is Cc1ccc(-c2c(C)c(C(=O)CC3CCC(C)CC3)cc(=O)n2C(CC(C)(C)C)C(=O)O)cc1. The van der Waals surface area contributed by atoms with Gasteiger partial charge in [0.1, 0.15) is 6.04 Å². The summed E-state index contributed by atoms with van der Waals surface area (Å²) in [5, 5.41) is 10.1. The number of carbonyl (C=O) groups is 2. The molecule has 1 aromatic heterocycles. The van der Waals surface area contributed by atoms with Crippen molar-refractivity contribution in [3.63, 3.8) is 0 Å². The van der Waals surface area contributed by atoms with Gasteiger partial charge < -0.3 is 5.11 Å². The number of ketones is 1. The minimum absolute atomic E-state index is 0.0163. The average molecular weight is 466 g/mol. The van der Waals surface area contributed by atoms with E-state index in [2.05, 4.69) is 6.92 Å². The number of carboxylic acids is 1. The first-order valence-corrected chi connectivity index (χ1v) is 12.5. The van der Waals surface area contributed by atoms with Crippen LogP contribution in [-0.2, 0) is 4.79 Å². The molecule has 1 aliphatic rings. The standard InChI is InChI=1S/C29H39NO4/c1-18-7-11-21(12-8-18)15-25(31)23-16-26(32)30(24(28(33)34)17-29(4,5)6)27(20(23)3)22-13-9-19(2)10-14-22/h9-10,13-14,16,18,21,24H,7-8,11-12,15,17H2,1-6H3,(H,33,34). The van der Waals surface area contributed by atoms with Gasteiger partial charge in [0.2, 0.25) is 0 Å². The summed E-state index contributed by atoms with van der Waals surface area (Å²) in [6.45, 7) is 12.0. The fourth-order valence-electron chi connectivity index (χ4n) is 5.16. The molecule has 2 aromatic rings. The third-order valence-electron chi connectivity index (χ3n) is 7.14. The van der Waals surface area contributed by atoms with Gasteiger partial charge in [0.05, 0.1) is 5.69 Å². The number of aryl methyl sites for hydroxylation is 1. The quantitative estimate of drug-likeness (QED) is 0.468. The number of carbonyl (C=O) groups excluding carboxylic acids is 1. The highest BCUT2D eigenvalue weighted by molar-refractivity contribution is 5.99. The molecule has 1 N–H and O–H groups in total. The zero-order valence-electron chi connectivity index (χ0n) is 21.5. The zero-order chi connectivity index (χ0) is 25.2. The maximum atomic E-state index is 13.5. The van der Waals surface area contributed by atoms with Crippen LogP contribution in [-0.4, -0.2) is 21.4 Å². The molecule has 0 saturated heterocycles. The minimum Gasteiger partial charge on any atom is -0.480 e. The lowest BCUT2D eigenvalue weighted by Gasteiger charge is -2.29. The summed E-state index contributed by atoms with van der Waals surface area (Å²) in [5.74, 6) is -0.000473. The van der Waals surface area contributed by atoms with Crippen LogP contribution in [0.3, 0.4) is 0 Å². The van der Waals surface area contributed by atoms with Crippen molar-refractivity contribution in [3.8, 4) is 11.3 Å². The second kappa shape index (κ2) is 10.3. The summed E-state index contributed by atoms with van der Waals surface area (Å²) in [6.07, 6.45) is 5.10. The van der Waals surface area contributed by atoms with Crippen molar-refractivity contribution >= 4 is 11.8 Å². The van der Waals surface area contributed by atoms with Crippen molar-refractivity contribution in [2.45, 2.75) is 86.1 Å². The first-order valence-electron chi connectivity index (χ1n) is 12.5. The van der Waals surface area contributed by atoms with Gasteiger partial charge in [0, 0.05) is 18.1 Å². The van der Waals surface area contributed by atoms with Crippen LogP contribution in [0.4, 0.5) is 0 Å². The lowest BCUT2D eigenvalue weighted by molar-refractivity contribution is -0.141. The summed E-state index contributed by atoms with van der Waals surface area (Å²) in [4.78, 5) is 39.2. The third-order valence-corrected chi connectivity index (χ3v) is 7.14. The van der Waals surface area contributed by atoms with Crippen molar-refractivity contribution in [1.29, 1.82) is 0 Å². The van der Waals surface area contributed by atoms with Gasteiger partial charge in [-0.05, 0) is 61.5 Å². The molecule has 3 rings (SSSR count). The van der Waals surface area contributed by atoms with Crippen LogP contribution >= 0.6 is 0 Å². The first kappa shape index (κ1) is 25.9. The molecule has 1 unspecified atom stereocenters. The fourth-order valence-corrected chi connectivity index (χ4v) is 5.16. The van der Waals surface area contributed by atoms with Crippen LogP contribution in [0.2, 0.25) is 0 Å². The molecule has 184 valence electrons. The predicted octanol–water partition coefficient (Wildman–Crippen LogP) is 6.59. The molecule has 0 amide bonds. The number of pyridine rings is 1. The Balaban J connectivity index is 2.14. The van der Waals surface area contributed by atoms with Crippen LogP contribution < -0.4 is 5.56 Å². The molecular weight excluding hydrogens is 426 g/mol. The Bertz CT molecular complexity index is 1100. The van der Waals surface area contributed by atoms with Gasteiger partial charge in [-0.3, -0.25) is 14.2 Å². The molecule has 0 bridgehead atoms. The average Bonchev–Trinajstić information content (AvgIpc) is 2.75. The number of carboxylic acid groups (broad SMARTS) is 1. The number of rotatable bonds is 7. The smallest absolute Gasteiger partial charge is 0.326 e. The van der Waals surface area contributed by atoms with E-state index in [1.807, 2.05) is 58.9 Å². The number of nitrogens with zero attached hydrogens (tertiary/aromatic N) is 1. The maximum absolute atomic E-state index is 13.5. The fraction of sp³-hybridized carbons (Fsp3) is 0.552. The van der Waals surface area contributed by atoms with Crippen LogP contribution in [0, 0.1) is 31.1 Å². The Kier molecular flexibility index (Phi) is 7.84. The van der Waals surface area contributed by atoms with Gasteiger partial charge in [-0.1, -0.05) is 70.4 Å². The van der Waals surface area contributed by atoms with Crippen molar-refractivity contribution in [1.82, 2.24) is 4.57 Å².